The molecule has 0 radical (unpaired) electrons. The number of nitriles is 1. The zero-order chi connectivity index (χ0) is 8.69. The van der Waals surface area contributed by atoms with Crippen molar-refractivity contribution in [3.8, 4) is 6.07 Å². The summed E-state index contributed by atoms with van der Waals surface area (Å²) in [6, 6.07) is 1.89. The van der Waals surface area contributed by atoms with Crippen molar-refractivity contribution in [3.05, 3.63) is 11.8 Å². The first-order valence-electron chi connectivity index (χ1n) is 3.48. The van der Waals surface area contributed by atoms with Gasteiger partial charge >= 0.3 is 0 Å². The van der Waals surface area contributed by atoms with E-state index < -0.39 is 5.92 Å². The van der Waals surface area contributed by atoms with Crippen LogP contribution < -0.4 is 5.73 Å². The van der Waals surface area contributed by atoms with Gasteiger partial charge in [-0.25, -0.2) is 0 Å². The van der Waals surface area contributed by atoms with Gasteiger partial charge in [0, 0.05) is 5.70 Å². The van der Waals surface area contributed by atoms with Crippen molar-refractivity contribution < 1.29 is 4.79 Å². The summed E-state index contributed by atoms with van der Waals surface area (Å²) >= 11 is 0. The van der Waals surface area contributed by atoms with Crippen LogP contribution in [-0.4, -0.2) is 6.29 Å². The number of hydrogen-bond donors (Lipinski definition) is 1. The lowest BCUT2D eigenvalue weighted by molar-refractivity contribution is -0.109. The van der Waals surface area contributed by atoms with E-state index in [4.69, 9.17) is 11.0 Å². The number of rotatable bonds is 4. The van der Waals surface area contributed by atoms with E-state index in [0.29, 0.717) is 19.1 Å². The van der Waals surface area contributed by atoms with Gasteiger partial charge in [-0.2, -0.15) is 5.26 Å². The van der Waals surface area contributed by atoms with Crippen molar-refractivity contribution in [2.75, 3.05) is 0 Å². The maximum atomic E-state index is 10.1. The summed E-state index contributed by atoms with van der Waals surface area (Å²) in [7, 11) is 0. The Kier molecular flexibility index (Phi) is 4.83. The lowest BCUT2D eigenvalue weighted by atomic mass is 10.1. The highest BCUT2D eigenvalue weighted by atomic mass is 16.1. The minimum absolute atomic E-state index is 0.481. The fourth-order valence-corrected chi connectivity index (χ4v) is 0.654. The van der Waals surface area contributed by atoms with Crippen LogP contribution in [0.1, 0.15) is 19.8 Å². The highest BCUT2D eigenvalue weighted by Gasteiger charge is 2.02. The third-order valence-electron chi connectivity index (χ3n) is 1.27. The fraction of sp³-hybridized carbons (Fsp3) is 0.500. The first-order chi connectivity index (χ1) is 5.20. The van der Waals surface area contributed by atoms with E-state index in [1.165, 1.54) is 0 Å². The molecule has 11 heavy (non-hydrogen) atoms. The molecular formula is C8H12N2O. The van der Waals surface area contributed by atoms with Gasteiger partial charge in [0.1, 0.15) is 12.2 Å². The molecule has 3 heteroatoms. The molecule has 0 aliphatic rings. The second-order valence-corrected chi connectivity index (χ2v) is 2.40. The second kappa shape index (κ2) is 5.48. The number of allylic oxidation sites excluding steroid dienone is 2. The molecule has 0 aromatic rings. The summed E-state index contributed by atoms with van der Waals surface area (Å²) < 4.78 is 0. The summed E-state index contributed by atoms with van der Waals surface area (Å²) in [5.41, 5.74) is 6.08. The molecule has 0 aromatic heterocycles. The Bertz CT molecular complexity index is 187. The van der Waals surface area contributed by atoms with Crippen molar-refractivity contribution in [1.82, 2.24) is 0 Å². The number of hydrogen-bond acceptors (Lipinski definition) is 3. The molecule has 2 N–H and O–H groups in total. The van der Waals surface area contributed by atoms with Crippen LogP contribution in [0, 0.1) is 17.2 Å². The number of nitrogens with zero attached hydrogens (tertiary/aromatic N) is 1. The SMILES string of the molecule is CC(N)=CCCC(C#N)C=O. The molecule has 3 nitrogen and oxygen atoms in total. The zero-order valence-corrected chi connectivity index (χ0v) is 6.58. The summed E-state index contributed by atoms with van der Waals surface area (Å²) in [4.78, 5) is 10.1. The van der Waals surface area contributed by atoms with Crippen LogP contribution in [0.25, 0.3) is 0 Å². The standard InChI is InChI=1S/C8H12N2O/c1-7(10)3-2-4-8(5-9)6-11/h3,6,8H,2,4,10H2,1H3. The summed E-state index contributed by atoms with van der Waals surface area (Å²) in [6.07, 6.45) is 3.74. The van der Waals surface area contributed by atoms with Crippen LogP contribution in [0.3, 0.4) is 0 Å². The maximum Gasteiger partial charge on any atom is 0.137 e. The van der Waals surface area contributed by atoms with Gasteiger partial charge < -0.3 is 10.5 Å². The molecule has 0 aromatic carbocycles. The van der Waals surface area contributed by atoms with E-state index in [-0.39, 0.29) is 0 Å². The molecule has 0 amide bonds. The van der Waals surface area contributed by atoms with Crippen LogP contribution >= 0.6 is 0 Å². The predicted octanol–water partition coefficient (Wildman–Crippen LogP) is 0.968. The third-order valence-corrected chi connectivity index (χ3v) is 1.27. The predicted molar refractivity (Wildman–Crippen MR) is 42.3 cm³/mol. The van der Waals surface area contributed by atoms with Crippen LogP contribution in [0.15, 0.2) is 11.8 Å². The zero-order valence-electron chi connectivity index (χ0n) is 6.58. The number of nitrogens with two attached hydrogens (primary N) is 1. The molecule has 0 saturated carbocycles. The van der Waals surface area contributed by atoms with Crippen molar-refractivity contribution in [1.29, 1.82) is 5.26 Å². The van der Waals surface area contributed by atoms with Crippen molar-refractivity contribution in [2.24, 2.45) is 11.7 Å². The quantitative estimate of drug-likeness (QED) is 0.610. The Morgan fingerprint density at radius 1 is 1.82 bits per heavy atom. The minimum Gasteiger partial charge on any atom is -0.403 e. The molecule has 0 bridgehead atoms. The van der Waals surface area contributed by atoms with Gasteiger partial charge in [0.25, 0.3) is 0 Å². The van der Waals surface area contributed by atoms with Crippen LogP contribution in [0.4, 0.5) is 0 Å². The van der Waals surface area contributed by atoms with E-state index in [0.717, 1.165) is 5.70 Å². The summed E-state index contributed by atoms with van der Waals surface area (Å²) in [5, 5.41) is 8.36. The van der Waals surface area contributed by atoms with Gasteiger partial charge in [0.2, 0.25) is 0 Å². The van der Waals surface area contributed by atoms with E-state index in [1.54, 1.807) is 6.92 Å². The molecule has 0 saturated heterocycles. The summed E-state index contributed by atoms with van der Waals surface area (Å²) in [6.45, 7) is 1.78. The largest absolute Gasteiger partial charge is 0.403 e. The van der Waals surface area contributed by atoms with E-state index in [2.05, 4.69) is 0 Å². The Hall–Kier alpha value is -1.30. The number of carbonyl (C=O) groups excluding carboxylic acids is 1. The van der Waals surface area contributed by atoms with E-state index in [9.17, 15) is 4.79 Å². The molecule has 60 valence electrons. The first-order valence-corrected chi connectivity index (χ1v) is 3.48. The Morgan fingerprint density at radius 3 is 2.82 bits per heavy atom. The Labute approximate surface area is 66.5 Å². The lowest BCUT2D eigenvalue weighted by Gasteiger charge is -1.96. The molecule has 1 atom stereocenters. The third kappa shape index (κ3) is 5.16. The molecular weight excluding hydrogens is 140 g/mol. The average Bonchev–Trinajstić information content (AvgIpc) is 1.98. The number of aldehydes is 1. The molecule has 0 rings (SSSR count). The van der Waals surface area contributed by atoms with Gasteiger partial charge in [0.15, 0.2) is 0 Å². The monoisotopic (exact) mass is 152 g/mol. The molecule has 0 fully saturated rings. The van der Waals surface area contributed by atoms with Gasteiger partial charge in [-0.1, -0.05) is 6.08 Å². The molecule has 0 heterocycles. The smallest absolute Gasteiger partial charge is 0.137 e. The fourth-order valence-electron chi connectivity index (χ4n) is 0.654. The maximum absolute atomic E-state index is 10.1. The van der Waals surface area contributed by atoms with Crippen molar-refractivity contribution in [3.63, 3.8) is 0 Å². The van der Waals surface area contributed by atoms with Crippen LogP contribution in [-0.2, 0) is 4.79 Å². The Morgan fingerprint density at radius 2 is 2.45 bits per heavy atom. The molecule has 1 unspecified atom stereocenters. The van der Waals surface area contributed by atoms with Gasteiger partial charge in [-0.3, -0.25) is 0 Å². The minimum atomic E-state index is -0.481. The molecule has 0 aliphatic heterocycles. The topological polar surface area (TPSA) is 66.9 Å². The highest BCUT2D eigenvalue weighted by Crippen LogP contribution is 2.03. The van der Waals surface area contributed by atoms with Gasteiger partial charge in [-0.15, -0.1) is 0 Å². The summed E-state index contributed by atoms with van der Waals surface area (Å²) in [5.74, 6) is -0.481. The van der Waals surface area contributed by atoms with Crippen LogP contribution in [0.2, 0.25) is 0 Å². The molecule has 0 spiro atoms. The average molecular weight is 152 g/mol. The van der Waals surface area contributed by atoms with Gasteiger partial charge in [0.05, 0.1) is 6.07 Å². The second-order valence-electron chi connectivity index (χ2n) is 2.40. The van der Waals surface area contributed by atoms with Gasteiger partial charge in [-0.05, 0) is 19.8 Å². The first kappa shape index (κ1) is 9.70. The van der Waals surface area contributed by atoms with Crippen LogP contribution in [0.5, 0.6) is 0 Å². The highest BCUT2D eigenvalue weighted by molar-refractivity contribution is 5.57. The van der Waals surface area contributed by atoms with E-state index >= 15 is 0 Å². The Balaban J connectivity index is 3.62. The van der Waals surface area contributed by atoms with Crippen molar-refractivity contribution >= 4 is 6.29 Å². The lowest BCUT2D eigenvalue weighted by Crippen LogP contribution is -1.98. The van der Waals surface area contributed by atoms with Crippen molar-refractivity contribution in [2.45, 2.75) is 19.8 Å². The normalized spacial score (nSPS) is 13.6. The van der Waals surface area contributed by atoms with E-state index in [1.807, 2.05) is 12.1 Å². The molecule has 0 aliphatic carbocycles. The number of carbonyl (C=O) groups is 1.